The fourth-order valence-corrected chi connectivity index (χ4v) is 3.51. The summed E-state index contributed by atoms with van der Waals surface area (Å²) in [5, 5.41) is 0.274. The van der Waals surface area contributed by atoms with E-state index in [-0.39, 0.29) is 28.7 Å². The number of hydrogen-bond acceptors (Lipinski definition) is 6. The molecule has 2 aliphatic heterocycles. The van der Waals surface area contributed by atoms with Gasteiger partial charge in [-0.3, -0.25) is 4.79 Å². The van der Waals surface area contributed by atoms with Crippen LogP contribution in [0.15, 0.2) is 12.1 Å². The quantitative estimate of drug-likeness (QED) is 0.730. The van der Waals surface area contributed by atoms with E-state index in [4.69, 9.17) is 30.5 Å². The molecule has 8 heteroatoms. The molecule has 2 aliphatic rings. The third-order valence-corrected chi connectivity index (χ3v) is 4.68. The van der Waals surface area contributed by atoms with E-state index in [9.17, 15) is 9.59 Å². The van der Waals surface area contributed by atoms with Gasteiger partial charge in [0.2, 0.25) is 0 Å². The SMILES string of the molecule is CC1CN(C(=O)C(C)OC(=O)c2cc(Cl)c3c(c2)OCCCO3)CC(C)O1. The van der Waals surface area contributed by atoms with Crippen molar-refractivity contribution in [2.24, 2.45) is 0 Å². The summed E-state index contributed by atoms with van der Waals surface area (Å²) in [5.74, 6) is -0.0542. The van der Waals surface area contributed by atoms with E-state index in [2.05, 4.69) is 0 Å². The lowest BCUT2D eigenvalue weighted by molar-refractivity contribution is -0.151. The number of ether oxygens (including phenoxy) is 4. The smallest absolute Gasteiger partial charge is 0.339 e. The zero-order valence-electron chi connectivity index (χ0n) is 15.7. The van der Waals surface area contributed by atoms with Gasteiger partial charge in [0.25, 0.3) is 5.91 Å². The molecule has 0 spiro atoms. The molecule has 1 saturated heterocycles. The monoisotopic (exact) mass is 397 g/mol. The molecule has 2 heterocycles. The first-order valence-electron chi connectivity index (χ1n) is 9.09. The van der Waals surface area contributed by atoms with Crippen LogP contribution in [0.4, 0.5) is 0 Å². The van der Waals surface area contributed by atoms with E-state index in [1.54, 1.807) is 11.8 Å². The number of nitrogens with zero attached hydrogens (tertiary/aromatic N) is 1. The number of hydrogen-bond donors (Lipinski definition) is 0. The van der Waals surface area contributed by atoms with Crippen LogP contribution >= 0.6 is 11.6 Å². The first-order chi connectivity index (χ1) is 12.8. The van der Waals surface area contributed by atoms with Gasteiger partial charge in [-0.25, -0.2) is 4.79 Å². The molecule has 0 N–H and O–H groups in total. The minimum atomic E-state index is -0.912. The molecular weight excluding hydrogens is 374 g/mol. The molecule has 0 saturated carbocycles. The van der Waals surface area contributed by atoms with Gasteiger partial charge < -0.3 is 23.8 Å². The molecule has 0 aliphatic carbocycles. The summed E-state index contributed by atoms with van der Waals surface area (Å²) < 4.78 is 22.1. The molecule has 3 unspecified atom stereocenters. The van der Waals surface area contributed by atoms with Crippen molar-refractivity contribution in [1.82, 2.24) is 4.90 Å². The Morgan fingerprint density at radius 2 is 1.85 bits per heavy atom. The Balaban J connectivity index is 1.68. The van der Waals surface area contributed by atoms with E-state index in [0.717, 1.165) is 6.42 Å². The zero-order valence-corrected chi connectivity index (χ0v) is 16.5. The number of amides is 1. The van der Waals surface area contributed by atoms with Gasteiger partial charge in [-0.15, -0.1) is 0 Å². The number of benzene rings is 1. The maximum Gasteiger partial charge on any atom is 0.339 e. The van der Waals surface area contributed by atoms with Crippen molar-refractivity contribution in [2.75, 3.05) is 26.3 Å². The van der Waals surface area contributed by atoms with E-state index in [0.29, 0.717) is 37.8 Å². The molecule has 148 valence electrons. The molecule has 1 fully saturated rings. The van der Waals surface area contributed by atoms with E-state index < -0.39 is 12.1 Å². The summed E-state index contributed by atoms with van der Waals surface area (Å²) in [6, 6.07) is 3.00. The highest BCUT2D eigenvalue weighted by atomic mass is 35.5. The Kier molecular flexibility index (Phi) is 6.11. The first-order valence-corrected chi connectivity index (χ1v) is 9.47. The number of carbonyl (C=O) groups is 2. The van der Waals surface area contributed by atoms with Crippen molar-refractivity contribution in [3.63, 3.8) is 0 Å². The summed E-state index contributed by atoms with van der Waals surface area (Å²) in [6.45, 7) is 7.30. The summed E-state index contributed by atoms with van der Waals surface area (Å²) in [4.78, 5) is 26.8. The van der Waals surface area contributed by atoms with Gasteiger partial charge in [0, 0.05) is 19.5 Å². The van der Waals surface area contributed by atoms with E-state index >= 15 is 0 Å². The van der Waals surface area contributed by atoms with Crippen molar-refractivity contribution >= 4 is 23.5 Å². The number of morpholine rings is 1. The van der Waals surface area contributed by atoms with E-state index in [1.165, 1.54) is 12.1 Å². The molecular formula is C19H24ClNO6. The molecule has 3 atom stereocenters. The number of esters is 1. The van der Waals surface area contributed by atoms with Crippen LogP contribution < -0.4 is 9.47 Å². The van der Waals surface area contributed by atoms with Crippen molar-refractivity contribution < 1.29 is 28.5 Å². The Bertz CT molecular complexity index is 714. The maximum atomic E-state index is 12.6. The number of carbonyl (C=O) groups excluding carboxylic acids is 2. The second-order valence-corrected chi connectivity index (χ2v) is 7.29. The van der Waals surface area contributed by atoms with Crippen LogP contribution in [0.1, 0.15) is 37.6 Å². The van der Waals surface area contributed by atoms with Gasteiger partial charge in [-0.1, -0.05) is 11.6 Å². The van der Waals surface area contributed by atoms with Crippen molar-refractivity contribution in [3.8, 4) is 11.5 Å². The topological polar surface area (TPSA) is 74.3 Å². The molecule has 27 heavy (non-hydrogen) atoms. The second-order valence-electron chi connectivity index (χ2n) is 6.88. The first kappa shape index (κ1) is 19.8. The standard InChI is InChI=1S/C19H24ClNO6/c1-11-9-21(10-12(2)26-11)18(22)13(3)27-19(23)14-7-15(20)17-16(8-14)24-5-4-6-25-17/h7-8,11-13H,4-6,9-10H2,1-3H3. The van der Waals surface area contributed by atoms with Crippen LogP contribution in [0.2, 0.25) is 5.02 Å². The number of halogens is 1. The predicted octanol–water partition coefficient (Wildman–Crippen LogP) is 2.68. The maximum absolute atomic E-state index is 12.6. The summed E-state index contributed by atoms with van der Waals surface area (Å²) in [6.07, 6.45) is -0.292. The van der Waals surface area contributed by atoms with Crippen LogP contribution in [-0.2, 0) is 14.3 Å². The van der Waals surface area contributed by atoms with Gasteiger partial charge >= 0.3 is 5.97 Å². The number of fused-ring (bicyclic) bond motifs is 1. The Labute approximate surface area is 163 Å². The Hall–Kier alpha value is -1.99. The fourth-order valence-electron chi connectivity index (χ4n) is 3.24. The average Bonchev–Trinajstić information content (AvgIpc) is 2.85. The molecule has 1 amide bonds. The highest BCUT2D eigenvalue weighted by molar-refractivity contribution is 6.32. The summed E-state index contributed by atoms with van der Waals surface area (Å²) >= 11 is 6.22. The third kappa shape index (κ3) is 4.65. The van der Waals surface area contributed by atoms with Gasteiger partial charge in [0.1, 0.15) is 0 Å². The van der Waals surface area contributed by atoms with Gasteiger partial charge in [0.05, 0.1) is 36.0 Å². The fraction of sp³-hybridized carbons (Fsp3) is 0.579. The van der Waals surface area contributed by atoms with Crippen LogP contribution in [-0.4, -0.2) is 61.4 Å². The van der Waals surface area contributed by atoms with Gasteiger partial charge in [-0.2, -0.15) is 0 Å². The predicted molar refractivity (Wildman–Crippen MR) is 98.5 cm³/mol. The molecule has 7 nitrogen and oxygen atoms in total. The minimum absolute atomic E-state index is 0.0545. The van der Waals surface area contributed by atoms with Gasteiger partial charge in [0.15, 0.2) is 17.6 Å². The van der Waals surface area contributed by atoms with Crippen LogP contribution in [0.25, 0.3) is 0 Å². The normalized spacial score (nSPS) is 23.3. The lowest BCUT2D eigenvalue weighted by Gasteiger charge is -2.36. The van der Waals surface area contributed by atoms with Gasteiger partial charge in [-0.05, 0) is 32.9 Å². The van der Waals surface area contributed by atoms with Crippen molar-refractivity contribution in [1.29, 1.82) is 0 Å². The molecule has 1 aromatic rings. The lowest BCUT2D eigenvalue weighted by atomic mass is 10.2. The average molecular weight is 398 g/mol. The van der Waals surface area contributed by atoms with Crippen molar-refractivity contribution in [3.05, 3.63) is 22.7 Å². The van der Waals surface area contributed by atoms with Crippen LogP contribution in [0, 0.1) is 0 Å². The van der Waals surface area contributed by atoms with E-state index in [1.807, 2.05) is 13.8 Å². The minimum Gasteiger partial charge on any atom is -0.489 e. The summed E-state index contributed by atoms with van der Waals surface area (Å²) in [5.41, 5.74) is 0.215. The van der Waals surface area contributed by atoms with Crippen molar-refractivity contribution in [2.45, 2.75) is 45.5 Å². The highest BCUT2D eigenvalue weighted by Crippen LogP contribution is 2.38. The molecule has 0 aromatic heterocycles. The summed E-state index contributed by atoms with van der Waals surface area (Å²) in [7, 11) is 0. The highest BCUT2D eigenvalue weighted by Gasteiger charge is 2.31. The number of rotatable bonds is 3. The molecule has 0 bridgehead atoms. The largest absolute Gasteiger partial charge is 0.489 e. The second kappa shape index (κ2) is 8.35. The molecule has 3 rings (SSSR count). The lowest BCUT2D eigenvalue weighted by Crippen LogP contribution is -2.51. The zero-order chi connectivity index (χ0) is 19.6. The van der Waals surface area contributed by atoms with Crippen LogP contribution in [0.3, 0.4) is 0 Å². The molecule has 0 radical (unpaired) electrons. The van der Waals surface area contributed by atoms with Crippen LogP contribution in [0.5, 0.6) is 11.5 Å². The Morgan fingerprint density at radius 3 is 2.56 bits per heavy atom. The molecule has 1 aromatic carbocycles. The third-order valence-electron chi connectivity index (χ3n) is 4.40. The Morgan fingerprint density at radius 1 is 1.19 bits per heavy atom.